The molecule has 0 bridgehead atoms. The summed E-state index contributed by atoms with van der Waals surface area (Å²) < 4.78 is 61.0. The van der Waals surface area contributed by atoms with Crippen LogP contribution in [0.1, 0.15) is 44.9 Å². The molecule has 1 aliphatic heterocycles. The van der Waals surface area contributed by atoms with Crippen LogP contribution in [0, 0.1) is 0 Å². The van der Waals surface area contributed by atoms with Crippen LogP contribution in [0.3, 0.4) is 0 Å². The molecule has 1 fully saturated rings. The molecule has 1 aliphatic rings. The van der Waals surface area contributed by atoms with Gasteiger partial charge in [0.05, 0.1) is 32.1 Å². The Labute approximate surface area is 238 Å². The maximum absolute atomic E-state index is 13.7. The van der Waals surface area contributed by atoms with E-state index in [1.54, 1.807) is 18.3 Å². The molecule has 3 aromatic rings. The molecule has 13 heteroatoms. The van der Waals surface area contributed by atoms with Crippen LogP contribution in [0.5, 0.6) is 0 Å². The number of likely N-dealkylation sites (tertiary alicyclic amines) is 1. The zero-order valence-electron chi connectivity index (χ0n) is 23.6. The van der Waals surface area contributed by atoms with Gasteiger partial charge >= 0.3 is 10.1 Å². The molecule has 0 aliphatic carbocycles. The first-order chi connectivity index (χ1) is 19.1. The predicted molar refractivity (Wildman–Crippen MR) is 151 cm³/mol. The molecule has 1 amide bonds. The van der Waals surface area contributed by atoms with Crippen molar-refractivity contribution in [1.29, 1.82) is 0 Å². The molecule has 0 radical (unpaired) electrons. The van der Waals surface area contributed by atoms with Crippen LogP contribution >= 0.6 is 0 Å². The van der Waals surface area contributed by atoms with E-state index in [1.807, 2.05) is 51.1 Å². The Morgan fingerprint density at radius 3 is 2.29 bits per heavy atom. The lowest BCUT2D eigenvalue weighted by Gasteiger charge is -2.39. The van der Waals surface area contributed by atoms with Gasteiger partial charge in [0.2, 0.25) is 5.91 Å². The summed E-state index contributed by atoms with van der Waals surface area (Å²) in [4.78, 5) is 16.9. The van der Waals surface area contributed by atoms with Crippen LogP contribution in [-0.2, 0) is 31.0 Å². The normalized spacial score (nSPS) is 16.7. The second-order valence-electron chi connectivity index (χ2n) is 11.5. The van der Waals surface area contributed by atoms with Crippen molar-refractivity contribution in [3.8, 4) is 11.1 Å². The quantitative estimate of drug-likeness (QED) is 0.323. The fourth-order valence-corrected chi connectivity index (χ4v) is 5.32. The Hall–Kier alpha value is -3.42. The second kappa shape index (κ2) is 11.8. The Morgan fingerprint density at radius 2 is 1.73 bits per heavy atom. The number of amides is 1. The number of hydroxylamine groups is 3. The summed E-state index contributed by atoms with van der Waals surface area (Å²) in [5.74, 6) is -1.38. The SMILES string of the molecule is CC(C)(C)c1cc(NC(=O)Cc2ccc(-c3ccc(NCC[N+]4(OS(C)(=O)=O)CCC(F)(F)CC4)nc3)cc2)no1. The highest BCUT2D eigenvalue weighted by Crippen LogP contribution is 2.33. The van der Waals surface area contributed by atoms with Gasteiger partial charge in [0, 0.05) is 23.2 Å². The fourth-order valence-electron chi connectivity index (χ4n) is 4.53. The Bertz CT molecular complexity index is 1440. The number of nitrogens with zero attached hydrogens (tertiary/aromatic N) is 3. The van der Waals surface area contributed by atoms with E-state index in [4.69, 9.17) is 8.81 Å². The number of hydrogen-bond donors (Lipinski definition) is 2. The highest BCUT2D eigenvalue weighted by Gasteiger charge is 2.46. The van der Waals surface area contributed by atoms with Crippen LogP contribution in [0.25, 0.3) is 11.1 Å². The molecule has 2 aromatic heterocycles. The van der Waals surface area contributed by atoms with Crippen molar-refractivity contribution in [2.45, 2.75) is 51.4 Å². The summed E-state index contributed by atoms with van der Waals surface area (Å²) in [5, 5.41) is 9.79. The number of alkyl halides is 2. The number of nitrogens with one attached hydrogen (secondary N) is 2. The van der Waals surface area contributed by atoms with Crippen molar-refractivity contribution in [3.63, 3.8) is 0 Å². The second-order valence-corrected chi connectivity index (χ2v) is 13.0. The van der Waals surface area contributed by atoms with Gasteiger partial charge in [-0.3, -0.25) is 4.79 Å². The first kappa shape index (κ1) is 30.5. The van der Waals surface area contributed by atoms with E-state index in [1.165, 1.54) is 0 Å². The maximum Gasteiger partial charge on any atom is 0.311 e. The van der Waals surface area contributed by atoms with Crippen LogP contribution < -0.4 is 10.6 Å². The molecule has 2 N–H and O–H groups in total. The van der Waals surface area contributed by atoms with Crippen molar-refractivity contribution >= 4 is 27.7 Å². The molecular formula is C28H36F2N5O5S+. The minimum absolute atomic E-state index is 0.0931. The van der Waals surface area contributed by atoms with Gasteiger partial charge in [-0.2, -0.15) is 13.1 Å². The number of rotatable bonds is 10. The number of carbonyl (C=O) groups is 1. The third-order valence-corrected chi connectivity index (χ3v) is 7.41. The van der Waals surface area contributed by atoms with E-state index < -0.39 is 28.9 Å². The Balaban J connectivity index is 1.29. The highest BCUT2D eigenvalue weighted by atomic mass is 32.2. The number of aromatic nitrogens is 2. The molecule has 222 valence electrons. The number of anilines is 2. The van der Waals surface area contributed by atoms with Gasteiger partial charge in [0.25, 0.3) is 5.92 Å². The number of hydrogen-bond acceptors (Lipinski definition) is 8. The average molecular weight is 593 g/mol. The van der Waals surface area contributed by atoms with Crippen molar-refractivity contribution in [3.05, 3.63) is 60.0 Å². The number of quaternary nitrogens is 1. The number of benzene rings is 1. The van der Waals surface area contributed by atoms with E-state index >= 15 is 0 Å². The third kappa shape index (κ3) is 8.78. The van der Waals surface area contributed by atoms with Crippen molar-refractivity contribution in [2.75, 3.05) is 43.1 Å². The Kier molecular flexibility index (Phi) is 8.81. The van der Waals surface area contributed by atoms with Gasteiger partial charge in [-0.1, -0.05) is 54.5 Å². The van der Waals surface area contributed by atoms with Gasteiger partial charge in [-0.25, -0.2) is 13.8 Å². The lowest BCUT2D eigenvalue weighted by atomic mass is 9.93. The van der Waals surface area contributed by atoms with Gasteiger partial charge in [-0.05, 0) is 23.3 Å². The minimum Gasteiger partial charge on any atom is -0.364 e. The molecule has 0 spiro atoms. The lowest BCUT2D eigenvalue weighted by molar-refractivity contribution is -1.08. The van der Waals surface area contributed by atoms with E-state index in [-0.39, 0.29) is 48.6 Å². The third-order valence-electron chi connectivity index (χ3n) is 6.82. The van der Waals surface area contributed by atoms with Crippen LogP contribution in [-0.4, -0.2) is 67.5 Å². The number of halogens is 2. The molecule has 0 atom stereocenters. The van der Waals surface area contributed by atoms with Crippen molar-refractivity contribution < 1.29 is 35.4 Å². The first-order valence-corrected chi connectivity index (χ1v) is 15.1. The molecule has 0 saturated carbocycles. The van der Waals surface area contributed by atoms with Crippen LogP contribution in [0.15, 0.2) is 53.2 Å². The van der Waals surface area contributed by atoms with Crippen LogP contribution in [0.2, 0.25) is 0 Å². The average Bonchev–Trinajstić information content (AvgIpc) is 3.35. The molecule has 10 nitrogen and oxygen atoms in total. The van der Waals surface area contributed by atoms with E-state index in [2.05, 4.69) is 20.8 Å². The first-order valence-electron chi connectivity index (χ1n) is 13.3. The van der Waals surface area contributed by atoms with Gasteiger partial charge in [0.15, 0.2) is 5.82 Å². The van der Waals surface area contributed by atoms with E-state index in [9.17, 15) is 22.0 Å². The standard InChI is InChI=1S/C28H35F2N5O5S/c1-27(2,3)23-18-25(34-39-23)33-26(36)17-20-5-7-21(8-6-20)22-9-10-24(32-19-22)31-13-16-35(40-41(4,37)38)14-11-28(29,30)12-15-35/h5-10,18-19H,11-17H2,1-4H3,(H-,31,32,33,34,36)/p+1. The predicted octanol–water partition coefficient (Wildman–Crippen LogP) is 4.76. The van der Waals surface area contributed by atoms with Crippen molar-refractivity contribution in [2.24, 2.45) is 0 Å². The largest absolute Gasteiger partial charge is 0.364 e. The zero-order valence-corrected chi connectivity index (χ0v) is 24.4. The summed E-state index contributed by atoms with van der Waals surface area (Å²) in [5.41, 5.74) is 2.41. The smallest absolute Gasteiger partial charge is 0.311 e. The summed E-state index contributed by atoms with van der Waals surface area (Å²) in [6.45, 7) is 6.29. The minimum atomic E-state index is -3.82. The molecule has 0 unspecified atom stereocenters. The molecular weight excluding hydrogens is 556 g/mol. The number of piperidine rings is 1. The van der Waals surface area contributed by atoms with Gasteiger partial charge in [-0.15, -0.1) is 0 Å². The molecule has 41 heavy (non-hydrogen) atoms. The maximum atomic E-state index is 13.7. The highest BCUT2D eigenvalue weighted by molar-refractivity contribution is 7.85. The summed E-state index contributed by atoms with van der Waals surface area (Å²) in [7, 11) is -3.82. The molecule has 3 heterocycles. The van der Waals surface area contributed by atoms with Gasteiger partial charge < -0.3 is 15.2 Å². The van der Waals surface area contributed by atoms with E-state index in [0.29, 0.717) is 17.4 Å². The van der Waals surface area contributed by atoms with Crippen molar-refractivity contribution in [1.82, 2.24) is 10.1 Å². The number of pyridine rings is 1. The fraction of sp³-hybridized carbons (Fsp3) is 0.464. The zero-order chi connectivity index (χ0) is 29.9. The van der Waals surface area contributed by atoms with Crippen LogP contribution in [0.4, 0.5) is 20.4 Å². The Morgan fingerprint density at radius 1 is 1.07 bits per heavy atom. The lowest BCUT2D eigenvalue weighted by Crippen LogP contribution is -2.57. The summed E-state index contributed by atoms with van der Waals surface area (Å²) >= 11 is 0. The molecule has 4 rings (SSSR count). The number of carbonyl (C=O) groups excluding carboxylic acids is 1. The molecule has 1 aromatic carbocycles. The topological polar surface area (TPSA) is 123 Å². The van der Waals surface area contributed by atoms with E-state index in [0.717, 1.165) is 22.9 Å². The summed E-state index contributed by atoms with van der Waals surface area (Å²) in [6.07, 6.45) is 1.94. The molecule has 1 saturated heterocycles. The monoisotopic (exact) mass is 592 g/mol. The van der Waals surface area contributed by atoms with Gasteiger partial charge in [0.1, 0.15) is 31.2 Å². The summed E-state index contributed by atoms with van der Waals surface area (Å²) in [6, 6.07) is 12.9.